The Morgan fingerprint density at radius 1 is 1.00 bits per heavy atom. The number of para-hydroxylation sites is 1. The zero-order valence-corrected chi connectivity index (χ0v) is 15.2. The van der Waals surface area contributed by atoms with Crippen LogP contribution in [0.2, 0.25) is 0 Å². The first-order valence-electron chi connectivity index (χ1n) is 9.23. The SMILES string of the molecule is CCc1ccccc1NC(=O)C(=O)Nc1cc2c3c(c1)CCN3C(=O)CC2. The van der Waals surface area contributed by atoms with Crippen molar-refractivity contribution in [1.82, 2.24) is 0 Å². The van der Waals surface area contributed by atoms with Gasteiger partial charge < -0.3 is 15.5 Å². The summed E-state index contributed by atoms with van der Waals surface area (Å²) < 4.78 is 0. The minimum absolute atomic E-state index is 0.159. The lowest BCUT2D eigenvalue weighted by Crippen LogP contribution is -2.33. The highest BCUT2D eigenvalue weighted by Gasteiger charge is 2.31. The topological polar surface area (TPSA) is 78.5 Å². The van der Waals surface area contributed by atoms with Crippen LogP contribution >= 0.6 is 0 Å². The smallest absolute Gasteiger partial charge is 0.314 e. The molecule has 0 aromatic heterocycles. The van der Waals surface area contributed by atoms with Crippen molar-refractivity contribution in [2.45, 2.75) is 32.6 Å². The summed E-state index contributed by atoms with van der Waals surface area (Å²) in [5.74, 6) is -1.23. The summed E-state index contributed by atoms with van der Waals surface area (Å²) >= 11 is 0. The van der Waals surface area contributed by atoms with Gasteiger partial charge in [0.25, 0.3) is 0 Å². The maximum atomic E-state index is 12.4. The molecule has 2 aliphatic heterocycles. The Morgan fingerprint density at radius 2 is 1.70 bits per heavy atom. The molecule has 138 valence electrons. The van der Waals surface area contributed by atoms with Crippen LogP contribution in [0, 0.1) is 0 Å². The highest BCUT2D eigenvalue weighted by Crippen LogP contribution is 2.38. The largest absolute Gasteiger partial charge is 0.318 e. The van der Waals surface area contributed by atoms with Crippen molar-refractivity contribution < 1.29 is 14.4 Å². The summed E-state index contributed by atoms with van der Waals surface area (Å²) in [6, 6.07) is 11.2. The molecule has 0 saturated carbocycles. The molecule has 0 saturated heterocycles. The van der Waals surface area contributed by atoms with Gasteiger partial charge in [0.05, 0.1) is 5.69 Å². The highest BCUT2D eigenvalue weighted by molar-refractivity contribution is 6.43. The summed E-state index contributed by atoms with van der Waals surface area (Å²) in [4.78, 5) is 38.5. The molecule has 0 aliphatic carbocycles. The Bertz CT molecular complexity index is 952. The number of anilines is 3. The van der Waals surface area contributed by atoms with E-state index in [1.165, 1.54) is 0 Å². The second-order valence-corrected chi connectivity index (χ2v) is 6.86. The first-order valence-corrected chi connectivity index (χ1v) is 9.23. The van der Waals surface area contributed by atoms with E-state index in [1.807, 2.05) is 42.2 Å². The third kappa shape index (κ3) is 3.18. The average Bonchev–Trinajstić information content (AvgIpc) is 3.10. The Kier molecular flexibility index (Phi) is 4.39. The molecule has 2 aromatic rings. The van der Waals surface area contributed by atoms with Crippen LogP contribution in [0.4, 0.5) is 17.1 Å². The van der Waals surface area contributed by atoms with Gasteiger partial charge >= 0.3 is 11.8 Å². The fourth-order valence-corrected chi connectivity index (χ4v) is 3.85. The Balaban J connectivity index is 1.50. The van der Waals surface area contributed by atoms with Gasteiger partial charge in [-0.2, -0.15) is 0 Å². The number of nitrogens with one attached hydrogen (secondary N) is 2. The molecular formula is C21H21N3O3. The lowest BCUT2D eigenvalue weighted by Gasteiger charge is -2.25. The molecule has 6 nitrogen and oxygen atoms in total. The van der Waals surface area contributed by atoms with Crippen molar-refractivity contribution in [2.75, 3.05) is 22.1 Å². The lowest BCUT2D eigenvalue weighted by molar-refractivity contribution is -0.133. The number of amides is 3. The standard InChI is InChI=1S/C21H21N3O3/c1-2-13-5-3-4-6-17(13)23-21(27)20(26)22-16-11-14-7-8-18(25)24-10-9-15(12-16)19(14)24/h3-6,11-12H,2,7-10H2,1H3,(H,22,26)(H,23,27). The zero-order chi connectivity index (χ0) is 19.0. The monoisotopic (exact) mass is 363 g/mol. The van der Waals surface area contributed by atoms with E-state index in [2.05, 4.69) is 10.6 Å². The summed E-state index contributed by atoms with van der Waals surface area (Å²) in [5.41, 5.74) is 5.32. The molecular weight excluding hydrogens is 342 g/mol. The molecule has 0 radical (unpaired) electrons. The molecule has 2 heterocycles. The number of aryl methyl sites for hydroxylation is 2. The van der Waals surface area contributed by atoms with E-state index in [9.17, 15) is 14.4 Å². The van der Waals surface area contributed by atoms with Crippen LogP contribution in [-0.4, -0.2) is 24.3 Å². The second-order valence-electron chi connectivity index (χ2n) is 6.86. The van der Waals surface area contributed by atoms with E-state index in [4.69, 9.17) is 0 Å². The van der Waals surface area contributed by atoms with Gasteiger partial charge in [0, 0.05) is 24.3 Å². The fraction of sp³-hybridized carbons (Fsp3) is 0.286. The van der Waals surface area contributed by atoms with Crippen molar-refractivity contribution in [3.63, 3.8) is 0 Å². The van der Waals surface area contributed by atoms with Crippen LogP contribution in [0.1, 0.15) is 30.0 Å². The Morgan fingerprint density at radius 3 is 2.48 bits per heavy atom. The van der Waals surface area contributed by atoms with Crippen LogP contribution in [-0.2, 0) is 33.6 Å². The van der Waals surface area contributed by atoms with Crippen molar-refractivity contribution in [1.29, 1.82) is 0 Å². The van der Waals surface area contributed by atoms with E-state index >= 15 is 0 Å². The predicted molar refractivity (Wildman–Crippen MR) is 104 cm³/mol. The van der Waals surface area contributed by atoms with Gasteiger partial charge in [0.15, 0.2) is 0 Å². The molecule has 0 atom stereocenters. The molecule has 27 heavy (non-hydrogen) atoms. The molecule has 3 amide bonds. The van der Waals surface area contributed by atoms with Crippen LogP contribution in [0.3, 0.4) is 0 Å². The first-order chi connectivity index (χ1) is 13.1. The highest BCUT2D eigenvalue weighted by atomic mass is 16.2. The van der Waals surface area contributed by atoms with E-state index in [0.29, 0.717) is 30.8 Å². The molecule has 4 rings (SSSR count). The molecule has 0 fully saturated rings. The third-order valence-electron chi connectivity index (χ3n) is 5.16. The van der Waals surface area contributed by atoms with Gasteiger partial charge in [-0.1, -0.05) is 25.1 Å². The van der Waals surface area contributed by atoms with E-state index in [1.54, 1.807) is 6.07 Å². The summed E-state index contributed by atoms with van der Waals surface area (Å²) in [7, 11) is 0. The van der Waals surface area contributed by atoms with E-state index in [-0.39, 0.29) is 5.91 Å². The van der Waals surface area contributed by atoms with Gasteiger partial charge in [-0.25, -0.2) is 0 Å². The van der Waals surface area contributed by atoms with Crippen LogP contribution in [0.5, 0.6) is 0 Å². The minimum atomic E-state index is -0.699. The quantitative estimate of drug-likeness (QED) is 0.823. The molecule has 2 aromatic carbocycles. The van der Waals surface area contributed by atoms with Gasteiger partial charge in [0.1, 0.15) is 0 Å². The van der Waals surface area contributed by atoms with E-state index in [0.717, 1.165) is 35.2 Å². The van der Waals surface area contributed by atoms with Crippen molar-refractivity contribution in [3.05, 3.63) is 53.1 Å². The zero-order valence-electron chi connectivity index (χ0n) is 15.2. The lowest BCUT2D eigenvalue weighted by atomic mass is 9.98. The van der Waals surface area contributed by atoms with Crippen molar-refractivity contribution in [2.24, 2.45) is 0 Å². The Hall–Kier alpha value is -3.15. The molecule has 2 aliphatic rings. The number of nitrogens with zero attached hydrogens (tertiary/aromatic N) is 1. The van der Waals surface area contributed by atoms with Gasteiger partial charge in [-0.3, -0.25) is 14.4 Å². The molecule has 0 unspecified atom stereocenters. The number of hydrogen-bond acceptors (Lipinski definition) is 3. The maximum absolute atomic E-state index is 12.4. The average molecular weight is 363 g/mol. The van der Waals surface area contributed by atoms with Crippen LogP contribution in [0.15, 0.2) is 36.4 Å². The number of hydrogen-bond donors (Lipinski definition) is 2. The van der Waals surface area contributed by atoms with Crippen molar-refractivity contribution in [3.8, 4) is 0 Å². The molecule has 2 N–H and O–H groups in total. The maximum Gasteiger partial charge on any atom is 0.314 e. The van der Waals surface area contributed by atoms with Crippen LogP contribution in [0.25, 0.3) is 0 Å². The summed E-state index contributed by atoms with van der Waals surface area (Å²) in [6.45, 7) is 2.68. The summed E-state index contributed by atoms with van der Waals surface area (Å²) in [5, 5.41) is 5.38. The molecule has 0 bridgehead atoms. The predicted octanol–water partition coefficient (Wildman–Crippen LogP) is 2.66. The molecule has 6 heteroatoms. The van der Waals surface area contributed by atoms with Crippen molar-refractivity contribution >= 4 is 34.8 Å². The number of carbonyl (C=O) groups is 3. The van der Waals surface area contributed by atoms with Gasteiger partial charge in [-0.15, -0.1) is 0 Å². The number of rotatable bonds is 3. The van der Waals surface area contributed by atoms with Gasteiger partial charge in [0.2, 0.25) is 5.91 Å². The second kappa shape index (κ2) is 6.87. The van der Waals surface area contributed by atoms with Crippen LogP contribution < -0.4 is 15.5 Å². The Labute approximate surface area is 157 Å². The first kappa shape index (κ1) is 17.3. The summed E-state index contributed by atoms with van der Waals surface area (Å²) in [6.07, 6.45) is 2.69. The molecule has 0 spiro atoms. The third-order valence-corrected chi connectivity index (χ3v) is 5.16. The minimum Gasteiger partial charge on any atom is -0.318 e. The number of benzene rings is 2. The number of carbonyl (C=O) groups excluding carboxylic acids is 3. The van der Waals surface area contributed by atoms with Gasteiger partial charge in [-0.05, 0) is 54.2 Å². The normalized spacial score (nSPS) is 14.7. The van der Waals surface area contributed by atoms with E-state index < -0.39 is 11.8 Å². The fourth-order valence-electron chi connectivity index (χ4n) is 3.85.